The first-order valence-corrected chi connectivity index (χ1v) is 11.2. The van der Waals surface area contributed by atoms with Crippen LogP contribution in [-0.4, -0.2) is 13.2 Å². The summed E-state index contributed by atoms with van der Waals surface area (Å²) in [6.07, 6.45) is 0. The van der Waals surface area contributed by atoms with E-state index >= 15 is 0 Å². The summed E-state index contributed by atoms with van der Waals surface area (Å²) in [5.74, 6) is 0. The quantitative estimate of drug-likeness (QED) is 0.314. The third kappa shape index (κ3) is 4.67. The molecular weight excluding hydrogens is 376 g/mol. The second-order valence-electron chi connectivity index (χ2n) is 10.4. The van der Waals surface area contributed by atoms with Crippen molar-refractivity contribution in [2.45, 2.75) is 52.4 Å². The van der Waals surface area contributed by atoms with Gasteiger partial charge in [-0.1, -0.05) is 112 Å². The molecule has 0 fully saturated rings. The highest BCUT2D eigenvalue weighted by atomic mass is 16.5. The molecule has 0 spiro atoms. The maximum atomic E-state index is 6.33. The highest BCUT2D eigenvalue weighted by molar-refractivity contribution is 5.84. The minimum atomic E-state index is -0.0456. The Bertz CT molecular complexity index is 1130. The first kappa shape index (κ1) is 21.6. The third-order valence-electron chi connectivity index (χ3n) is 6.48. The lowest BCUT2D eigenvalue weighted by molar-refractivity contribution is 0.0634. The fourth-order valence-electron chi connectivity index (χ4n) is 4.30. The van der Waals surface area contributed by atoms with Gasteiger partial charge in [-0.15, -0.1) is 0 Å². The van der Waals surface area contributed by atoms with Crippen molar-refractivity contribution in [3.05, 3.63) is 95.1 Å². The van der Waals surface area contributed by atoms with E-state index < -0.39 is 0 Å². The molecule has 0 atom stereocenters. The van der Waals surface area contributed by atoms with Crippen molar-refractivity contribution in [2.24, 2.45) is 0 Å². The molecule has 160 valence electrons. The summed E-state index contributed by atoms with van der Waals surface area (Å²) in [6.45, 7) is 14.8. The van der Waals surface area contributed by atoms with Crippen molar-refractivity contribution in [1.82, 2.24) is 0 Å². The predicted molar refractivity (Wildman–Crippen MR) is 134 cm³/mol. The Kier molecular flexibility index (Phi) is 5.66. The van der Waals surface area contributed by atoms with Crippen molar-refractivity contribution in [3.8, 4) is 0 Å². The van der Waals surface area contributed by atoms with Crippen molar-refractivity contribution in [1.29, 1.82) is 0 Å². The zero-order valence-corrected chi connectivity index (χ0v) is 19.8. The second-order valence-corrected chi connectivity index (χ2v) is 10.4. The molecule has 0 aromatic heterocycles. The van der Waals surface area contributed by atoms with Crippen LogP contribution < -0.4 is 0 Å². The summed E-state index contributed by atoms with van der Waals surface area (Å²) in [4.78, 5) is 0. The summed E-state index contributed by atoms with van der Waals surface area (Å²) in [6, 6.07) is 26.9. The second kappa shape index (κ2) is 8.13. The molecule has 1 nitrogen and oxygen atoms in total. The zero-order valence-electron chi connectivity index (χ0n) is 19.8. The lowest BCUT2D eigenvalue weighted by atomic mass is 9.83. The number of hydrogen-bond donors (Lipinski definition) is 0. The highest BCUT2D eigenvalue weighted by Crippen LogP contribution is 2.31. The van der Waals surface area contributed by atoms with Crippen LogP contribution in [0.3, 0.4) is 0 Å². The Morgan fingerprint density at radius 3 is 1.29 bits per heavy atom. The Morgan fingerprint density at radius 2 is 0.871 bits per heavy atom. The van der Waals surface area contributed by atoms with Gasteiger partial charge < -0.3 is 4.74 Å². The molecule has 0 saturated carbocycles. The Hall–Kier alpha value is -2.64. The largest absolute Gasteiger partial charge is 0.380 e. The van der Waals surface area contributed by atoms with Crippen molar-refractivity contribution >= 4 is 21.5 Å². The molecule has 1 heteroatoms. The lowest BCUT2D eigenvalue weighted by Crippen LogP contribution is -2.30. The molecule has 0 N–H and O–H groups in total. The van der Waals surface area contributed by atoms with Gasteiger partial charge in [-0.2, -0.15) is 0 Å². The minimum absolute atomic E-state index is 0.0456. The van der Waals surface area contributed by atoms with E-state index in [0.717, 1.165) is 0 Å². The van der Waals surface area contributed by atoms with Crippen LogP contribution in [0.1, 0.15) is 49.9 Å². The standard InChI is InChI=1S/C30H34O/c1-21-7-9-25-17-27(13-11-23(25)15-21)29(3,4)19-31-20-30(5,6)28-14-12-24-16-22(2)8-10-26(24)18-28/h7-18H,19-20H2,1-6H3. The van der Waals surface area contributed by atoms with Crippen LogP contribution in [0.2, 0.25) is 0 Å². The number of ether oxygens (including phenoxy) is 1. The molecule has 0 aliphatic heterocycles. The molecule has 0 heterocycles. The lowest BCUT2D eigenvalue weighted by Gasteiger charge is -2.30. The van der Waals surface area contributed by atoms with E-state index in [1.165, 1.54) is 43.8 Å². The van der Waals surface area contributed by atoms with Gasteiger partial charge in [-0.05, 0) is 46.5 Å². The van der Waals surface area contributed by atoms with E-state index in [4.69, 9.17) is 4.74 Å². The molecule has 4 rings (SSSR count). The smallest absolute Gasteiger partial charge is 0.0558 e. The SMILES string of the molecule is Cc1ccc2cc(C(C)(C)COCC(C)(C)c3ccc4cc(C)ccc4c3)ccc2c1. The summed E-state index contributed by atoms with van der Waals surface area (Å²) in [5.41, 5.74) is 5.15. The monoisotopic (exact) mass is 410 g/mol. The van der Waals surface area contributed by atoms with Gasteiger partial charge >= 0.3 is 0 Å². The van der Waals surface area contributed by atoms with Crippen molar-refractivity contribution < 1.29 is 4.74 Å². The van der Waals surface area contributed by atoms with Crippen LogP contribution in [0.25, 0.3) is 21.5 Å². The van der Waals surface area contributed by atoms with Gasteiger partial charge in [-0.25, -0.2) is 0 Å². The average molecular weight is 411 g/mol. The van der Waals surface area contributed by atoms with E-state index in [0.29, 0.717) is 13.2 Å². The Morgan fingerprint density at radius 1 is 0.516 bits per heavy atom. The molecule has 4 aromatic carbocycles. The molecule has 0 aliphatic rings. The molecule has 0 saturated heterocycles. The molecular formula is C30H34O. The summed E-state index contributed by atoms with van der Waals surface area (Å²) < 4.78 is 6.33. The van der Waals surface area contributed by atoms with Gasteiger partial charge in [-0.3, -0.25) is 0 Å². The molecule has 31 heavy (non-hydrogen) atoms. The third-order valence-corrected chi connectivity index (χ3v) is 6.48. The Labute approximate surface area is 187 Å². The molecule has 0 unspecified atom stereocenters. The minimum Gasteiger partial charge on any atom is -0.380 e. The van der Waals surface area contributed by atoms with Crippen LogP contribution in [-0.2, 0) is 15.6 Å². The highest BCUT2D eigenvalue weighted by Gasteiger charge is 2.25. The fourth-order valence-corrected chi connectivity index (χ4v) is 4.30. The molecule has 4 aromatic rings. The topological polar surface area (TPSA) is 9.23 Å². The first-order chi connectivity index (χ1) is 14.6. The number of hydrogen-bond acceptors (Lipinski definition) is 1. The first-order valence-electron chi connectivity index (χ1n) is 11.2. The van der Waals surface area contributed by atoms with E-state index in [1.807, 2.05) is 0 Å². The number of aryl methyl sites for hydroxylation is 2. The van der Waals surface area contributed by atoms with Gasteiger partial charge in [0, 0.05) is 10.8 Å². The zero-order chi connectivity index (χ0) is 22.2. The van der Waals surface area contributed by atoms with Gasteiger partial charge in [0.15, 0.2) is 0 Å². The van der Waals surface area contributed by atoms with Gasteiger partial charge in [0.1, 0.15) is 0 Å². The average Bonchev–Trinajstić information content (AvgIpc) is 2.72. The van der Waals surface area contributed by atoms with E-state index in [9.17, 15) is 0 Å². The predicted octanol–water partition coefficient (Wildman–Crippen LogP) is 7.88. The number of benzene rings is 4. The van der Waals surface area contributed by atoms with Gasteiger partial charge in [0.25, 0.3) is 0 Å². The maximum Gasteiger partial charge on any atom is 0.0558 e. The maximum absolute atomic E-state index is 6.33. The van der Waals surface area contributed by atoms with Crippen LogP contribution in [0.4, 0.5) is 0 Å². The number of rotatable bonds is 6. The normalized spacial score (nSPS) is 12.6. The van der Waals surface area contributed by atoms with E-state index in [1.54, 1.807) is 0 Å². The van der Waals surface area contributed by atoms with Crippen molar-refractivity contribution in [2.75, 3.05) is 13.2 Å². The summed E-state index contributed by atoms with van der Waals surface area (Å²) >= 11 is 0. The molecule has 0 radical (unpaired) electrons. The van der Waals surface area contributed by atoms with Crippen LogP contribution >= 0.6 is 0 Å². The van der Waals surface area contributed by atoms with E-state index in [-0.39, 0.29) is 10.8 Å². The Balaban J connectivity index is 1.47. The molecule has 0 bridgehead atoms. The number of fused-ring (bicyclic) bond motifs is 2. The van der Waals surface area contributed by atoms with Crippen LogP contribution in [0.5, 0.6) is 0 Å². The van der Waals surface area contributed by atoms with Crippen LogP contribution in [0, 0.1) is 13.8 Å². The van der Waals surface area contributed by atoms with E-state index in [2.05, 4.69) is 114 Å². The summed E-state index contributed by atoms with van der Waals surface area (Å²) in [7, 11) is 0. The van der Waals surface area contributed by atoms with Gasteiger partial charge in [0.05, 0.1) is 13.2 Å². The van der Waals surface area contributed by atoms with Crippen molar-refractivity contribution in [3.63, 3.8) is 0 Å². The van der Waals surface area contributed by atoms with Gasteiger partial charge in [0.2, 0.25) is 0 Å². The molecule has 0 aliphatic carbocycles. The summed E-state index contributed by atoms with van der Waals surface area (Å²) in [5, 5.41) is 5.19. The fraction of sp³-hybridized carbons (Fsp3) is 0.333. The van der Waals surface area contributed by atoms with Crippen LogP contribution in [0.15, 0.2) is 72.8 Å². The molecule has 0 amide bonds.